The Morgan fingerprint density at radius 2 is 2.05 bits per heavy atom. The third kappa shape index (κ3) is 5.03. The number of rotatable bonds is 8. The van der Waals surface area contributed by atoms with E-state index in [2.05, 4.69) is 28.1 Å². The molecular weight excluding hydrogens is 284 g/mol. The van der Waals surface area contributed by atoms with Crippen LogP contribution in [0.3, 0.4) is 0 Å². The van der Waals surface area contributed by atoms with E-state index in [-0.39, 0.29) is 5.28 Å². The minimum atomic E-state index is 0.168. The number of thioether (sulfide) groups is 1. The minimum Gasteiger partial charge on any atom is -0.463 e. The van der Waals surface area contributed by atoms with Crippen molar-refractivity contribution in [1.29, 1.82) is 0 Å². The van der Waals surface area contributed by atoms with E-state index in [1.54, 1.807) is 11.8 Å². The van der Waals surface area contributed by atoms with Crippen LogP contribution in [0.4, 0.5) is 5.95 Å². The van der Waals surface area contributed by atoms with Crippen molar-refractivity contribution in [2.75, 3.05) is 30.6 Å². The van der Waals surface area contributed by atoms with E-state index in [0.717, 1.165) is 18.6 Å². The van der Waals surface area contributed by atoms with Gasteiger partial charge in [-0.15, -0.1) is 0 Å². The molecule has 19 heavy (non-hydrogen) atoms. The molecule has 1 unspecified atom stereocenters. The van der Waals surface area contributed by atoms with Crippen molar-refractivity contribution in [2.24, 2.45) is 0 Å². The number of nitrogens with zero attached hydrogens (tertiary/aromatic N) is 4. The molecule has 0 fully saturated rings. The summed E-state index contributed by atoms with van der Waals surface area (Å²) in [7, 11) is 1.97. The summed E-state index contributed by atoms with van der Waals surface area (Å²) in [6, 6.07) is 0.662. The summed E-state index contributed by atoms with van der Waals surface area (Å²) in [6.07, 6.45) is 4.01. The molecule has 0 radical (unpaired) electrons. The summed E-state index contributed by atoms with van der Waals surface area (Å²) in [5, 5.41) is 0.168. The Morgan fingerprint density at radius 1 is 1.32 bits per heavy atom. The number of hydrogen-bond acceptors (Lipinski definition) is 6. The van der Waals surface area contributed by atoms with Crippen LogP contribution in [0, 0.1) is 0 Å². The zero-order chi connectivity index (χ0) is 14.3. The molecule has 0 bridgehead atoms. The van der Waals surface area contributed by atoms with Crippen molar-refractivity contribution in [3.8, 4) is 6.01 Å². The first kappa shape index (κ1) is 16.3. The van der Waals surface area contributed by atoms with Crippen LogP contribution in [0.2, 0.25) is 5.28 Å². The highest BCUT2D eigenvalue weighted by Crippen LogP contribution is 2.18. The van der Waals surface area contributed by atoms with Gasteiger partial charge < -0.3 is 9.64 Å². The largest absolute Gasteiger partial charge is 0.463 e. The fraction of sp³-hybridized carbons (Fsp3) is 0.750. The molecule has 1 atom stereocenters. The fourth-order valence-electron chi connectivity index (χ4n) is 1.60. The Labute approximate surface area is 124 Å². The van der Waals surface area contributed by atoms with Crippen molar-refractivity contribution in [3.05, 3.63) is 5.28 Å². The molecule has 108 valence electrons. The molecule has 1 rings (SSSR count). The first-order chi connectivity index (χ1) is 9.12. The topological polar surface area (TPSA) is 51.1 Å². The Kier molecular flexibility index (Phi) is 7.23. The monoisotopic (exact) mass is 304 g/mol. The smallest absolute Gasteiger partial charge is 0.322 e. The molecule has 0 amide bonds. The van der Waals surface area contributed by atoms with Crippen LogP contribution in [0.1, 0.15) is 26.7 Å². The highest BCUT2D eigenvalue weighted by Gasteiger charge is 2.17. The normalized spacial score (nSPS) is 12.3. The first-order valence-electron chi connectivity index (χ1n) is 6.38. The molecule has 0 aliphatic heterocycles. The molecule has 7 heteroatoms. The molecule has 0 saturated carbocycles. The van der Waals surface area contributed by atoms with Gasteiger partial charge in [-0.1, -0.05) is 13.8 Å². The molecule has 0 aromatic carbocycles. The molecule has 0 N–H and O–H groups in total. The van der Waals surface area contributed by atoms with Gasteiger partial charge in [0, 0.05) is 18.8 Å². The van der Waals surface area contributed by atoms with Gasteiger partial charge in [0.05, 0.1) is 6.61 Å². The van der Waals surface area contributed by atoms with Gasteiger partial charge in [0.2, 0.25) is 11.2 Å². The lowest BCUT2D eigenvalue weighted by Gasteiger charge is -2.26. The van der Waals surface area contributed by atoms with Crippen molar-refractivity contribution in [3.63, 3.8) is 0 Å². The van der Waals surface area contributed by atoms with E-state index < -0.39 is 0 Å². The molecule has 0 spiro atoms. The third-order valence-electron chi connectivity index (χ3n) is 2.70. The molecule has 0 aliphatic rings. The highest BCUT2D eigenvalue weighted by atomic mass is 35.5. The lowest BCUT2D eigenvalue weighted by molar-refractivity contribution is 0.291. The second-order valence-electron chi connectivity index (χ2n) is 4.16. The predicted molar refractivity (Wildman–Crippen MR) is 81.5 cm³/mol. The Bertz CT molecular complexity index is 394. The second-order valence-corrected chi connectivity index (χ2v) is 5.41. The van der Waals surface area contributed by atoms with E-state index in [1.807, 2.05) is 18.9 Å². The molecular formula is C12H21ClN4OS. The lowest BCUT2D eigenvalue weighted by atomic mass is 10.2. The molecule has 0 aliphatic carbocycles. The number of hydrogen-bond donors (Lipinski definition) is 0. The van der Waals surface area contributed by atoms with Crippen LogP contribution >= 0.6 is 23.4 Å². The van der Waals surface area contributed by atoms with Crippen molar-refractivity contribution < 1.29 is 4.74 Å². The van der Waals surface area contributed by atoms with Crippen molar-refractivity contribution >= 4 is 29.3 Å². The summed E-state index contributed by atoms with van der Waals surface area (Å²) in [6.45, 7) is 4.75. The minimum absolute atomic E-state index is 0.168. The van der Waals surface area contributed by atoms with Gasteiger partial charge in [0.25, 0.3) is 0 Å². The van der Waals surface area contributed by atoms with Crippen LogP contribution in [-0.4, -0.2) is 46.7 Å². The van der Waals surface area contributed by atoms with Crippen molar-refractivity contribution in [2.45, 2.75) is 32.7 Å². The van der Waals surface area contributed by atoms with E-state index in [9.17, 15) is 0 Å². The summed E-state index contributed by atoms with van der Waals surface area (Å²) in [5.74, 6) is 1.58. The van der Waals surface area contributed by atoms with E-state index >= 15 is 0 Å². The SMILES string of the molecule is CCCOc1nc(Cl)nc(N(C)C(CC)CSC)n1. The van der Waals surface area contributed by atoms with E-state index in [0.29, 0.717) is 24.6 Å². The highest BCUT2D eigenvalue weighted by molar-refractivity contribution is 7.98. The summed E-state index contributed by atoms with van der Waals surface area (Å²) >= 11 is 7.73. The van der Waals surface area contributed by atoms with E-state index in [4.69, 9.17) is 16.3 Å². The van der Waals surface area contributed by atoms with Crippen molar-refractivity contribution in [1.82, 2.24) is 15.0 Å². The van der Waals surface area contributed by atoms with Gasteiger partial charge >= 0.3 is 6.01 Å². The summed E-state index contributed by atoms with van der Waals surface area (Å²) in [4.78, 5) is 14.5. The molecule has 1 aromatic heterocycles. The van der Waals surface area contributed by atoms with Crippen LogP contribution in [0.25, 0.3) is 0 Å². The van der Waals surface area contributed by atoms with Crippen LogP contribution in [0.15, 0.2) is 0 Å². The zero-order valence-electron chi connectivity index (χ0n) is 11.9. The van der Waals surface area contributed by atoms with Gasteiger partial charge in [0.15, 0.2) is 0 Å². The Hall–Kier alpha value is -0.750. The number of anilines is 1. The zero-order valence-corrected chi connectivity index (χ0v) is 13.5. The predicted octanol–water partition coefficient (Wildman–Crippen LogP) is 2.89. The number of ether oxygens (including phenoxy) is 1. The summed E-state index contributed by atoms with van der Waals surface area (Å²) in [5.41, 5.74) is 0. The average molecular weight is 305 g/mol. The fourth-order valence-corrected chi connectivity index (χ4v) is 2.59. The maximum absolute atomic E-state index is 5.92. The second kappa shape index (κ2) is 8.43. The summed E-state index contributed by atoms with van der Waals surface area (Å²) < 4.78 is 5.42. The Morgan fingerprint density at radius 3 is 2.63 bits per heavy atom. The molecule has 0 saturated heterocycles. The lowest BCUT2D eigenvalue weighted by Crippen LogP contribution is -2.34. The van der Waals surface area contributed by atoms with Gasteiger partial charge in [-0.05, 0) is 30.7 Å². The van der Waals surface area contributed by atoms with Crippen LogP contribution in [0.5, 0.6) is 6.01 Å². The van der Waals surface area contributed by atoms with Gasteiger partial charge in [0.1, 0.15) is 0 Å². The van der Waals surface area contributed by atoms with Gasteiger partial charge in [-0.3, -0.25) is 0 Å². The standard InChI is InChI=1S/C12H21ClN4OS/c1-5-7-18-12-15-10(13)14-11(16-12)17(3)9(6-2)8-19-4/h9H,5-8H2,1-4H3. The third-order valence-corrected chi connectivity index (χ3v) is 3.59. The maximum Gasteiger partial charge on any atom is 0.322 e. The Balaban J connectivity index is 2.88. The molecule has 1 heterocycles. The number of aromatic nitrogens is 3. The van der Waals surface area contributed by atoms with Crippen LogP contribution < -0.4 is 9.64 Å². The van der Waals surface area contributed by atoms with Gasteiger partial charge in [-0.2, -0.15) is 26.7 Å². The first-order valence-corrected chi connectivity index (χ1v) is 8.15. The van der Waals surface area contributed by atoms with Gasteiger partial charge in [-0.25, -0.2) is 0 Å². The number of halogens is 1. The van der Waals surface area contributed by atoms with Crippen LogP contribution in [-0.2, 0) is 0 Å². The maximum atomic E-state index is 5.92. The molecule has 1 aromatic rings. The quantitative estimate of drug-likeness (QED) is 0.736. The van der Waals surface area contributed by atoms with E-state index in [1.165, 1.54) is 0 Å². The molecule has 5 nitrogen and oxygen atoms in total. The average Bonchev–Trinajstić information content (AvgIpc) is 2.41.